The zero-order valence-corrected chi connectivity index (χ0v) is 30.0. The normalized spacial score (nSPS) is 17.5. The van der Waals surface area contributed by atoms with Crippen LogP contribution in [0.5, 0.6) is 5.75 Å². The quantitative estimate of drug-likeness (QED) is 0.138. The lowest BCUT2D eigenvalue weighted by Crippen LogP contribution is -2.58. The predicted octanol–water partition coefficient (Wildman–Crippen LogP) is 6.62. The third-order valence-corrected chi connectivity index (χ3v) is 11.0. The van der Waals surface area contributed by atoms with E-state index in [1.54, 1.807) is 6.92 Å². The van der Waals surface area contributed by atoms with Crippen molar-refractivity contribution in [2.45, 2.75) is 55.1 Å². The summed E-state index contributed by atoms with van der Waals surface area (Å²) in [4.78, 5) is 26.4. The Morgan fingerprint density at radius 3 is 2.16 bits per heavy atom. The van der Waals surface area contributed by atoms with E-state index in [2.05, 4.69) is 20.7 Å². The summed E-state index contributed by atoms with van der Waals surface area (Å²) in [6.45, 7) is 2.00. The first kappa shape index (κ1) is 41.0. The summed E-state index contributed by atoms with van der Waals surface area (Å²) in [6, 6.07) is 11.5. The van der Waals surface area contributed by atoms with Gasteiger partial charge in [0.05, 0.1) is 12.0 Å². The molecule has 1 fully saturated rings. The Kier molecular flexibility index (Phi) is 12.7. The lowest BCUT2D eigenvalue weighted by molar-refractivity contribution is -0.274. The highest BCUT2D eigenvalue weighted by atomic mass is 32.2. The molecule has 0 spiro atoms. The number of amides is 2. The number of sulfonamides is 1. The van der Waals surface area contributed by atoms with Crippen molar-refractivity contribution in [3.63, 3.8) is 0 Å². The van der Waals surface area contributed by atoms with E-state index in [1.807, 2.05) is 0 Å². The van der Waals surface area contributed by atoms with Crippen molar-refractivity contribution in [2.75, 3.05) is 25.5 Å². The molecule has 294 valence electrons. The van der Waals surface area contributed by atoms with Crippen LogP contribution in [-0.2, 0) is 26.0 Å². The van der Waals surface area contributed by atoms with E-state index < -0.39 is 81.4 Å². The van der Waals surface area contributed by atoms with E-state index in [0.29, 0.717) is 6.07 Å². The Hall–Kier alpha value is -5.20. The smallest absolute Gasteiger partial charge is 0.453 e. The molecule has 1 aliphatic rings. The molecule has 0 saturated carbocycles. The van der Waals surface area contributed by atoms with Gasteiger partial charge in [-0.1, -0.05) is 18.2 Å². The Morgan fingerprint density at radius 1 is 0.891 bits per heavy atom. The molecule has 18 heteroatoms. The van der Waals surface area contributed by atoms with Gasteiger partial charge >= 0.3 is 12.5 Å². The molecule has 2 amide bonds. The summed E-state index contributed by atoms with van der Waals surface area (Å²) in [5.41, 5.74) is -0.0588. The van der Waals surface area contributed by atoms with Gasteiger partial charge < -0.3 is 25.4 Å². The van der Waals surface area contributed by atoms with Crippen molar-refractivity contribution in [3.8, 4) is 5.75 Å². The first-order chi connectivity index (χ1) is 26.0. The van der Waals surface area contributed by atoms with Crippen molar-refractivity contribution in [3.05, 3.63) is 125 Å². The summed E-state index contributed by atoms with van der Waals surface area (Å²) < 4.78 is 134. The van der Waals surface area contributed by atoms with Crippen LogP contribution >= 0.6 is 0 Å². The average molecular weight is 797 g/mol. The van der Waals surface area contributed by atoms with Crippen molar-refractivity contribution in [2.24, 2.45) is 0 Å². The summed E-state index contributed by atoms with van der Waals surface area (Å²) >= 11 is 0. The van der Waals surface area contributed by atoms with Crippen molar-refractivity contribution in [1.82, 2.24) is 14.9 Å². The van der Waals surface area contributed by atoms with Gasteiger partial charge in [-0.05, 0) is 91.6 Å². The zero-order valence-electron chi connectivity index (χ0n) is 29.2. The molecule has 0 aromatic heterocycles. The SMILES string of the molecule is COC(=O)NC(C(=O)Nc1cccc(F)c1CC[C@H]1CNC[C@H](C)N1S(=O)(=O)c1ccc(OC(F)(F)F)cc1)C(c1ccc(F)cc1)c1cc(F)cc(F)c1. The fourth-order valence-corrected chi connectivity index (χ4v) is 8.38. The fraction of sp³-hybridized carbons (Fsp3) is 0.297. The minimum atomic E-state index is -4.98. The predicted molar refractivity (Wildman–Crippen MR) is 186 cm³/mol. The number of hydrogen-bond donors (Lipinski definition) is 3. The highest BCUT2D eigenvalue weighted by Gasteiger charge is 2.39. The molecule has 0 radical (unpaired) electrons. The molecule has 3 N–H and O–H groups in total. The Balaban J connectivity index is 1.44. The fourth-order valence-electron chi connectivity index (χ4n) is 6.54. The second-order valence-electron chi connectivity index (χ2n) is 12.7. The minimum absolute atomic E-state index is 0.000253. The van der Waals surface area contributed by atoms with Gasteiger partial charge in [0.2, 0.25) is 15.9 Å². The van der Waals surface area contributed by atoms with Gasteiger partial charge in [0, 0.05) is 48.4 Å². The van der Waals surface area contributed by atoms with E-state index in [-0.39, 0.29) is 53.2 Å². The third kappa shape index (κ3) is 10.1. The zero-order chi connectivity index (χ0) is 40.1. The Morgan fingerprint density at radius 2 is 1.55 bits per heavy atom. The summed E-state index contributed by atoms with van der Waals surface area (Å²) in [7, 11) is -3.28. The number of alkyl halides is 3. The van der Waals surface area contributed by atoms with E-state index >= 15 is 4.39 Å². The van der Waals surface area contributed by atoms with Crippen LogP contribution in [-0.4, -0.2) is 69.4 Å². The summed E-state index contributed by atoms with van der Waals surface area (Å²) in [5.74, 6) is -6.34. The number of methoxy groups -OCH3 is 1. The van der Waals surface area contributed by atoms with Gasteiger partial charge in [-0.25, -0.2) is 30.8 Å². The number of hydrogen-bond acceptors (Lipinski definition) is 7. The van der Waals surface area contributed by atoms with Gasteiger partial charge in [-0.15, -0.1) is 13.2 Å². The van der Waals surface area contributed by atoms with Gasteiger partial charge in [0.15, 0.2) is 0 Å². The van der Waals surface area contributed by atoms with Crippen molar-refractivity contribution >= 4 is 27.7 Å². The number of carbonyl (C=O) groups is 2. The van der Waals surface area contributed by atoms with E-state index in [9.17, 15) is 44.3 Å². The molecule has 0 bridgehead atoms. The lowest BCUT2D eigenvalue weighted by atomic mass is 9.84. The standard InChI is InChI=1S/C37H35F7N4O6S/c1-21-19-45-20-27(48(21)55(51,52)29-13-11-28(12-14-29)54-37(42,43)44)10-15-30-31(41)4-3-5-32(30)46-35(49)34(47-36(50)53-2)33(22-6-8-24(38)9-7-22)23-16-25(39)18-26(40)17-23/h3-9,11-14,16-18,21,27,33-34,45H,10,15,19-20H2,1-2H3,(H,46,49)(H,47,50)/t21-,27-,33?,34?/m0/s1. The van der Waals surface area contributed by atoms with Gasteiger partial charge in [-0.2, -0.15) is 4.31 Å². The molecular formula is C37H35F7N4O6S. The van der Waals surface area contributed by atoms with Crippen molar-refractivity contribution < 1.29 is 58.2 Å². The first-order valence-electron chi connectivity index (χ1n) is 16.7. The van der Waals surface area contributed by atoms with Crippen LogP contribution < -0.4 is 20.7 Å². The molecule has 2 unspecified atom stereocenters. The molecule has 1 heterocycles. The number of benzene rings is 4. The average Bonchev–Trinajstić information content (AvgIpc) is 3.10. The monoisotopic (exact) mass is 796 g/mol. The number of piperazine rings is 1. The lowest BCUT2D eigenvalue weighted by Gasteiger charge is -2.40. The number of anilines is 1. The third-order valence-electron chi connectivity index (χ3n) is 8.90. The van der Waals surface area contributed by atoms with Crippen LogP contribution in [0.1, 0.15) is 36.0 Å². The molecule has 55 heavy (non-hydrogen) atoms. The molecule has 10 nitrogen and oxygen atoms in total. The second kappa shape index (κ2) is 17.1. The van der Waals surface area contributed by atoms with Crippen LogP contribution in [0.15, 0.2) is 89.8 Å². The van der Waals surface area contributed by atoms with Crippen LogP contribution in [0.4, 0.5) is 41.2 Å². The summed E-state index contributed by atoms with van der Waals surface area (Å²) in [6.07, 6.45) is -6.23. The molecule has 1 saturated heterocycles. The number of nitrogens with one attached hydrogen (secondary N) is 3. The largest absolute Gasteiger partial charge is 0.573 e. The van der Waals surface area contributed by atoms with Crippen LogP contribution in [0.3, 0.4) is 0 Å². The highest BCUT2D eigenvalue weighted by molar-refractivity contribution is 7.89. The first-order valence-corrected chi connectivity index (χ1v) is 18.1. The van der Waals surface area contributed by atoms with Crippen LogP contribution in [0, 0.1) is 23.3 Å². The Bertz CT molecular complexity index is 2080. The van der Waals surface area contributed by atoms with Gasteiger partial charge in [0.25, 0.3) is 0 Å². The molecule has 0 aliphatic carbocycles. The van der Waals surface area contributed by atoms with E-state index in [4.69, 9.17) is 4.74 Å². The second-order valence-corrected chi connectivity index (χ2v) is 14.5. The summed E-state index contributed by atoms with van der Waals surface area (Å²) in [5, 5.41) is 8.06. The number of alkyl carbamates (subject to hydrolysis) is 1. The maximum Gasteiger partial charge on any atom is 0.573 e. The highest BCUT2D eigenvalue weighted by Crippen LogP contribution is 2.33. The maximum atomic E-state index is 15.6. The van der Waals surface area contributed by atoms with Crippen molar-refractivity contribution in [1.29, 1.82) is 0 Å². The maximum absolute atomic E-state index is 15.6. The van der Waals surface area contributed by atoms with Crippen LogP contribution in [0.2, 0.25) is 0 Å². The molecule has 4 atom stereocenters. The number of halogens is 7. The number of rotatable bonds is 12. The Labute approximate surface area is 311 Å². The molecule has 4 aromatic rings. The van der Waals surface area contributed by atoms with E-state index in [0.717, 1.165) is 61.7 Å². The minimum Gasteiger partial charge on any atom is -0.453 e. The van der Waals surface area contributed by atoms with Gasteiger partial charge in [-0.3, -0.25) is 4.79 Å². The molecular weight excluding hydrogens is 761 g/mol. The van der Waals surface area contributed by atoms with Crippen LogP contribution in [0.25, 0.3) is 0 Å². The topological polar surface area (TPSA) is 126 Å². The molecule has 1 aliphatic heterocycles. The number of nitrogens with zero attached hydrogens (tertiary/aromatic N) is 1. The number of ether oxygens (including phenoxy) is 2. The number of carbonyl (C=O) groups excluding carboxylic acids is 2. The molecule has 4 aromatic carbocycles. The molecule has 5 rings (SSSR count). The van der Waals surface area contributed by atoms with E-state index in [1.165, 1.54) is 28.6 Å². The van der Waals surface area contributed by atoms with Gasteiger partial charge in [0.1, 0.15) is 35.1 Å².